The van der Waals surface area contributed by atoms with Crippen molar-refractivity contribution in [2.45, 2.75) is 0 Å². The molecule has 0 saturated heterocycles. The van der Waals surface area contributed by atoms with Crippen LogP contribution in [0.3, 0.4) is 0 Å². The Labute approximate surface area is 88.2 Å². The molecule has 0 aromatic carbocycles. The number of hydrogen-bond acceptors (Lipinski definition) is 1. The largest absolute Gasteiger partial charge is 0.870 e. The molecular weight excluding hydrogens is 117 g/mol. The fourth-order valence-electron chi connectivity index (χ4n) is 0. The third kappa shape index (κ3) is 96.3. The maximum Gasteiger partial charge on any atom is 0.0675 e. The van der Waals surface area contributed by atoms with E-state index in [1.54, 1.807) is 0 Å². The Morgan fingerprint density at radius 2 is 0.857 bits per heavy atom. The average molecular weight is 130 g/mol. The molecule has 0 aromatic heterocycles. The van der Waals surface area contributed by atoms with Crippen LogP contribution in [0.4, 0.5) is 0 Å². The third-order valence-corrected chi connectivity index (χ3v) is 0. The SMILES string of the molecule is C[N+](C)(C)C.[K].[OH-]. The molecule has 0 rings (SSSR count). The second-order valence-electron chi connectivity index (χ2n) is 2.68. The van der Waals surface area contributed by atoms with E-state index in [-0.39, 0.29) is 56.9 Å². The number of rotatable bonds is 0. The van der Waals surface area contributed by atoms with Gasteiger partial charge < -0.3 is 9.96 Å². The molecule has 0 atom stereocenters. The summed E-state index contributed by atoms with van der Waals surface area (Å²) in [5.41, 5.74) is 0. The normalized spacial score (nSPS) is 8.57. The predicted molar refractivity (Wildman–Crippen MR) is 31.6 cm³/mol. The van der Waals surface area contributed by atoms with Crippen LogP contribution >= 0.6 is 0 Å². The maximum absolute atomic E-state index is 2.12. The quantitative estimate of drug-likeness (QED) is 0.329. The fraction of sp³-hybridized carbons (Fsp3) is 1.00. The molecule has 41 valence electrons. The van der Waals surface area contributed by atoms with Gasteiger partial charge in [-0.05, 0) is 0 Å². The number of hydrogen-bond donors (Lipinski definition) is 0. The van der Waals surface area contributed by atoms with Crippen molar-refractivity contribution in [1.29, 1.82) is 0 Å². The Kier molecular flexibility index (Phi) is 12.9. The number of quaternary nitrogens is 1. The molecule has 0 unspecified atom stereocenters. The van der Waals surface area contributed by atoms with Crippen LogP contribution in [-0.4, -0.2) is 89.5 Å². The van der Waals surface area contributed by atoms with Crippen LogP contribution in [-0.2, 0) is 0 Å². The van der Waals surface area contributed by atoms with Gasteiger partial charge in [0.05, 0.1) is 28.2 Å². The van der Waals surface area contributed by atoms with E-state index < -0.39 is 0 Å². The summed E-state index contributed by atoms with van der Waals surface area (Å²) in [6.07, 6.45) is 0. The molecule has 0 heterocycles. The molecule has 0 bridgehead atoms. The van der Waals surface area contributed by atoms with Gasteiger partial charge in [-0.1, -0.05) is 0 Å². The minimum absolute atomic E-state index is 0. The smallest absolute Gasteiger partial charge is 0.0675 e. The predicted octanol–water partition coefficient (Wildman–Crippen LogP) is -0.235. The molecule has 0 amide bonds. The van der Waals surface area contributed by atoms with E-state index in [0.717, 1.165) is 4.48 Å². The van der Waals surface area contributed by atoms with Crippen molar-refractivity contribution in [2.24, 2.45) is 0 Å². The van der Waals surface area contributed by atoms with Crippen LogP contribution in [0.15, 0.2) is 0 Å². The van der Waals surface area contributed by atoms with E-state index >= 15 is 0 Å². The second kappa shape index (κ2) is 5.69. The summed E-state index contributed by atoms with van der Waals surface area (Å²) in [4.78, 5) is 0. The molecule has 3 heteroatoms. The molecule has 0 saturated carbocycles. The van der Waals surface area contributed by atoms with Crippen LogP contribution in [0.5, 0.6) is 0 Å². The van der Waals surface area contributed by atoms with Gasteiger partial charge in [0.1, 0.15) is 0 Å². The van der Waals surface area contributed by atoms with Crippen molar-refractivity contribution in [3.8, 4) is 0 Å². The Morgan fingerprint density at radius 3 is 0.857 bits per heavy atom. The van der Waals surface area contributed by atoms with E-state index in [2.05, 4.69) is 28.2 Å². The summed E-state index contributed by atoms with van der Waals surface area (Å²) >= 11 is 0. The zero-order chi connectivity index (χ0) is 4.50. The molecule has 0 aliphatic carbocycles. The zero-order valence-electron chi connectivity index (χ0n) is 5.89. The molecule has 7 heavy (non-hydrogen) atoms. The minimum Gasteiger partial charge on any atom is -0.870 e. The van der Waals surface area contributed by atoms with Gasteiger partial charge in [-0.25, -0.2) is 0 Å². The van der Waals surface area contributed by atoms with E-state index in [0.29, 0.717) is 0 Å². The van der Waals surface area contributed by atoms with Gasteiger partial charge in [0, 0.05) is 51.4 Å². The molecule has 0 spiro atoms. The summed E-state index contributed by atoms with van der Waals surface area (Å²) in [6, 6.07) is 0. The monoisotopic (exact) mass is 130 g/mol. The van der Waals surface area contributed by atoms with Crippen LogP contribution in [0.1, 0.15) is 0 Å². The summed E-state index contributed by atoms with van der Waals surface area (Å²) in [5, 5.41) is 0. The minimum atomic E-state index is 0. The second-order valence-corrected chi connectivity index (χ2v) is 2.68. The molecule has 1 N–H and O–H groups in total. The van der Waals surface area contributed by atoms with Crippen molar-refractivity contribution in [3.05, 3.63) is 0 Å². The van der Waals surface area contributed by atoms with Crippen molar-refractivity contribution in [2.75, 3.05) is 28.2 Å². The van der Waals surface area contributed by atoms with E-state index in [9.17, 15) is 0 Å². The van der Waals surface area contributed by atoms with E-state index in [1.165, 1.54) is 0 Å². The third-order valence-electron chi connectivity index (χ3n) is 0. The van der Waals surface area contributed by atoms with Crippen LogP contribution in [0.2, 0.25) is 0 Å². The Bertz CT molecular complexity index is 27.2. The zero-order valence-corrected chi connectivity index (χ0v) is 9.02. The van der Waals surface area contributed by atoms with Crippen LogP contribution in [0.25, 0.3) is 0 Å². The summed E-state index contributed by atoms with van der Waals surface area (Å²) in [6.45, 7) is 0. The fourth-order valence-corrected chi connectivity index (χ4v) is 0. The first-order valence-electron chi connectivity index (χ1n) is 1.79. The molecule has 0 fully saturated rings. The van der Waals surface area contributed by atoms with Crippen molar-refractivity contribution < 1.29 is 9.96 Å². The van der Waals surface area contributed by atoms with E-state index in [4.69, 9.17) is 0 Å². The standard InChI is InChI=1S/C4H12N.K.H2O/c1-5(2,3)4;;/h1-4H3;;1H2/q+1;;/p-1. The van der Waals surface area contributed by atoms with Crippen molar-refractivity contribution in [1.82, 2.24) is 0 Å². The average Bonchev–Trinajstić information content (AvgIpc) is 0.722. The van der Waals surface area contributed by atoms with Crippen LogP contribution in [0, 0.1) is 0 Å². The summed E-state index contributed by atoms with van der Waals surface area (Å²) < 4.78 is 1.00. The molecule has 2 nitrogen and oxygen atoms in total. The van der Waals surface area contributed by atoms with E-state index in [1.807, 2.05) is 0 Å². The van der Waals surface area contributed by atoms with Gasteiger partial charge in [-0.15, -0.1) is 0 Å². The molecule has 0 aliphatic rings. The topological polar surface area (TPSA) is 30.0 Å². The summed E-state index contributed by atoms with van der Waals surface area (Å²) in [7, 11) is 8.50. The van der Waals surface area contributed by atoms with Crippen molar-refractivity contribution >= 4 is 51.4 Å². The Morgan fingerprint density at radius 1 is 0.857 bits per heavy atom. The first kappa shape index (κ1) is 15.8. The Balaban J connectivity index is -0.0000000800. The molecular formula is C4H13KNO. The summed E-state index contributed by atoms with van der Waals surface area (Å²) in [5.74, 6) is 0. The first-order valence-corrected chi connectivity index (χ1v) is 1.79. The van der Waals surface area contributed by atoms with Crippen LogP contribution < -0.4 is 0 Å². The number of nitrogens with zero attached hydrogens (tertiary/aromatic N) is 1. The maximum atomic E-state index is 2.12. The van der Waals surface area contributed by atoms with Gasteiger partial charge in [-0.3, -0.25) is 0 Å². The molecule has 1 radical (unpaired) electrons. The first-order chi connectivity index (χ1) is 2.00. The van der Waals surface area contributed by atoms with Gasteiger partial charge in [0.15, 0.2) is 0 Å². The van der Waals surface area contributed by atoms with Gasteiger partial charge in [0.2, 0.25) is 0 Å². The van der Waals surface area contributed by atoms with Gasteiger partial charge >= 0.3 is 0 Å². The van der Waals surface area contributed by atoms with Crippen molar-refractivity contribution in [3.63, 3.8) is 0 Å². The Hall–Kier alpha value is 1.56. The molecule has 0 aliphatic heterocycles. The van der Waals surface area contributed by atoms with Gasteiger partial charge in [0.25, 0.3) is 0 Å². The van der Waals surface area contributed by atoms with Gasteiger partial charge in [-0.2, -0.15) is 0 Å². The molecule has 0 aromatic rings.